The quantitative estimate of drug-likeness (QED) is 0.0365. The summed E-state index contributed by atoms with van der Waals surface area (Å²) in [6, 6.07) is 25.7. The van der Waals surface area contributed by atoms with Gasteiger partial charge in [0.05, 0.1) is 36.7 Å². The van der Waals surface area contributed by atoms with Crippen LogP contribution in [0, 0.1) is 5.92 Å². The van der Waals surface area contributed by atoms with Gasteiger partial charge in [-0.15, -0.1) is 0 Å². The van der Waals surface area contributed by atoms with E-state index in [4.69, 9.17) is 28.4 Å². The molecule has 0 saturated heterocycles. The van der Waals surface area contributed by atoms with Crippen LogP contribution in [0.2, 0.25) is 0 Å². The Labute approximate surface area is 336 Å². The molecule has 4 aromatic rings. The van der Waals surface area contributed by atoms with Crippen LogP contribution in [-0.4, -0.2) is 37.1 Å². The SMILES string of the molecule is CCCCCCCCOc1ccc(C(=O)Oc2ccc(OC(=O)CC(C)C(=O)Oc3ccc(OC(=O)c4ccc(OCCCCCCCC)cc4)cc3)cc2)cc1. The second-order valence-corrected chi connectivity index (χ2v) is 14.0. The highest BCUT2D eigenvalue weighted by atomic mass is 16.6. The van der Waals surface area contributed by atoms with Gasteiger partial charge in [0.2, 0.25) is 0 Å². The summed E-state index contributed by atoms with van der Waals surface area (Å²) < 4.78 is 33.3. The summed E-state index contributed by atoms with van der Waals surface area (Å²) in [7, 11) is 0. The first-order chi connectivity index (χ1) is 27.7. The molecular weight excluding hydrogens is 725 g/mol. The van der Waals surface area contributed by atoms with Crippen molar-refractivity contribution in [3.8, 4) is 34.5 Å². The van der Waals surface area contributed by atoms with Gasteiger partial charge in [-0.3, -0.25) is 9.59 Å². The molecule has 4 rings (SSSR count). The summed E-state index contributed by atoms with van der Waals surface area (Å²) in [5.41, 5.74) is 0.748. The van der Waals surface area contributed by atoms with Crippen molar-refractivity contribution in [2.24, 2.45) is 5.92 Å². The van der Waals surface area contributed by atoms with Crippen LogP contribution in [-0.2, 0) is 9.59 Å². The molecule has 4 aromatic carbocycles. The number of ether oxygens (including phenoxy) is 6. The Morgan fingerprint density at radius 1 is 0.421 bits per heavy atom. The third kappa shape index (κ3) is 16.5. The average Bonchev–Trinajstić information content (AvgIpc) is 3.22. The molecule has 0 saturated carbocycles. The fourth-order valence-corrected chi connectivity index (χ4v) is 5.73. The highest BCUT2D eigenvalue weighted by molar-refractivity contribution is 5.92. The summed E-state index contributed by atoms with van der Waals surface area (Å²) in [5, 5.41) is 0. The molecule has 0 aromatic heterocycles. The van der Waals surface area contributed by atoms with E-state index in [1.807, 2.05) is 0 Å². The van der Waals surface area contributed by atoms with E-state index in [-0.39, 0.29) is 29.4 Å². The minimum atomic E-state index is -0.805. The van der Waals surface area contributed by atoms with Crippen LogP contribution >= 0.6 is 0 Å². The second-order valence-electron chi connectivity index (χ2n) is 14.0. The molecule has 0 aliphatic carbocycles. The van der Waals surface area contributed by atoms with Crippen LogP contribution in [0.3, 0.4) is 0 Å². The number of carbonyl (C=O) groups excluding carboxylic acids is 4. The first-order valence-electron chi connectivity index (χ1n) is 20.3. The molecule has 0 spiro atoms. The molecule has 0 bridgehead atoms. The van der Waals surface area contributed by atoms with Crippen LogP contribution in [0.25, 0.3) is 0 Å². The Hall–Kier alpha value is -5.64. The maximum atomic E-state index is 12.7. The number of carbonyl (C=O) groups is 4. The van der Waals surface area contributed by atoms with Gasteiger partial charge in [0, 0.05) is 0 Å². The standard InChI is InChI=1S/C47H56O10/c1-4-6-8-10-12-14-32-52-38-20-16-36(17-21-38)46(50)56-42-26-24-40(25-27-42)54-44(48)34-35(3)45(49)55-41-28-30-43(31-29-41)57-47(51)37-18-22-39(23-19-37)53-33-15-13-11-9-7-5-2/h16-31,35H,4-15,32-34H2,1-3H3. The van der Waals surface area contributed by atoms with E-state index in [0.29, 0.717) is 35.8 Å². The van der Waals surface area contributed by atoms with Gasteiger partial charge in [-0.05, 0) is 110 Å². The average molecular weight is 781 g/mol. The highest BCUT2D eigenvalue weighted by Gasteiger charge is 2.21. The summed E-state index contributed by atoms with van der Waals surface area (Å²) in [4.78, 5) is 50.6. The Balaban J connectivity index is 1.13. The van der Waals surface area contributed by atoms with Gasteiger partial charge in [0.25, 0.3) is 0 Å². The number of rotatable bonds is 25. The third-order valence-corrected chi connectivity index (χ3v) is 9.11. The van der Waals surface area contributed by atoms with E-state index in [2.05, 4.69) is 13.8 Å². The van der Waals surface area contributed by atoms with E-state index >= 15 is 0 Å². The van der Waals surface area contributed by atoms with Crippen LogP contribution in [0.4, 0.5) is 0 Å². The van der Waals surface area contributed by atoms with Crippen molar-refractivity contribution in [3.63, 3.8) is 0 Å². The maximum Gasteiger partial charge on any atom is 0.343 e. The number of hydrogen-bond acceptors (Lipinski definition) is 10. The third-order valence-electron chi connectivity index (χ3n) is 9.11. The van der Waals surface area contributed by atoms with Crippen molar-refractivity contribution in [1.82, 2.24) is 0 Å². The molecule has 10 heteroatoms. The van der Waals surface area contributed by atoms with Crippen LogP contribution in [0.1, 0.15) is 125 Å². The molecule has 304 valence electrons. The lowest BCUT2D eigenvalue weighted by atomic mass is 10.1. The maximum absolute atomic E-state index is 12.7. The lowest BCUT2D eigenvalue weighted by molar-refractivity contribution is -0.144. The lowest BCUT2D eigenvalue weighted by Gasteiger charge is -2.12. The van der Waals surface area contributed by atoms with Gasteiger partial charge < -0.3 is 28.4 Å². The largest absolute Gasteiger partial charge is 0.494 e. The zero-order valence-electron chi connectivity index (χ0n) is 33.5. The highest BCUT2D eigenvalue weighted by Crippen LogP contribution is 2.23. The molecule has 0 fully saturated rings. The predicted octanol–water partition coefficient (Wildman–Crippen LogP) is 11.1. The van der Waals surface area contributed by atoms with Gasteiger partial charge in [-0.2, -0.15) is 0 Å². The Kier molecular flexibility index (Phi) is 19.2. The second kappa shape index (κ2) is 24.8. The van der Waals surface area contributed by atoms with Crippen LogP contribution in [0.15, 0.2) is 97.1 Å². The van der Waals surface area contributed by atoms with Crippen molar-refractivity contribution in [2.45, 2.75) is 104 Å². The summed E-state index contributed by atoms with van der Waals surface area (Å²) in [5.74, 6) is -0.729. The van der Waals surface area contributed by atoms with Crippen molar-refractivity contribution in [1.29, 1.82) is 0 Å². The summed E-state index contributed by atoms with van der Waals surface area (Å²) >= 11 is 0. The van der Waals surface area contributed by atoms with E-state index in [0.717, 1.165) is 25.7 Å². The first-order valence-corrected chi connectivity index (χ1v) is 20.3. The van der Waals surface area contributed by atoms with Crippen LogP contribution in [0.5, 0.6) is 34.5 Å². The fraction of sp³-hybridized carbons (Fsp3) is 0.404. The van der Waals surface area contributed by atoms with Crippen molar-refractivity contribution in [2.75, 3.05) is 13.2 Å². The van der Waals surface area contributed by atoms with Gasteiger partial charge in [0.15, 0.2) is 0 Å². The molecule has 0 heterocycles. The van der Waals surface area contributed by atoms with E-state index in [9.17, 15) is 19.2 Å². The number of hydrogen-bond donors (Lipinski definition) is 0. The van der Waals surface area contributed by atoms with Gasteiger partial charge in [-0.25, -0.2) is 9.59 Å². The molecule has 10 nitrogen and oxygen atoms in total. The lowest BCUT2D eigenvalue weighted by Crippen LogP contribution is -2.23. The van der Waals surface area contributed by atoms with E-state index in [1.54, 1.807) is 55.5 Å². The minimum Gasteiger partial charge on any atom is -0.494 e. The smallest absolute Gasteiger partial charge is 0.343 e. The van der Waals surface area contributed by atoms with Crippen molar-refractivity contribution < 1.29 is 47.6 Å². The minimum absolute atomic E-state index is 0.227. The van der Waals surface area contributed by atoms with Gasteiger partial charge in [-0.1, -0.05) is 85.0 Å². The molecule has 0 radical (unpaired) electrons. The molecule has 0 aliphatic rings. The van der Waals surface area contributed by atoms with Gasteiger partial charge >= 0.3 is 23.9 Å². The normalized spacial score (nSPS) is 11.3. The number of esters is 4. The summed E-state index contributed by atoms with van der Waals surface area (Å²) in [6.07, 6.45) is 14.0. The molecule has 1 atom stereocenters. The molecule has 57 heavy (non-hydrogen) atoms. The van der Waals surface area contributed by atoms with Crippen LogP contribution < -0.4 is 28.4 Å². The zero-order valence-corrected chi connectivity index (χ0v) is 33.5. The molecule has 0 amide bonds. The molecule has 0 N–H and O–H groups in total. The number of unbranched alkanes of at least 4 members (excludes halogenated alkanes) is 10. The van der Waals surface area contributed by atoms with E-state index < -0.39 is 29.8 Å². The molecular formula is C47H56O10. The first kappa shape index (κ1) is 44.1. The van der Waals surface area contributed by atoms with Crippen molar-refractivity contribution in [3.05, 3.63) is 108 Å². The Morgan fingerprint density at radius 2 is 0.754 bits per heavy atom. The molecule has 0 aliphatic heterocycles. The van der Waals surface area contributed by atoms with Crippen molar-refractivity contribution >= 4 is 23.9 Å². The van der Waals surface area contributed by atoms with Gasteiger partial charge in [0.1, 0.15) is 34.5 Å². The fourth-order valence-electron chi connectivity index (χ4n) is 5.73. The summed E-state index contributed by atoms with van der Waals surface area (Å²) in [6.45, 7) is 7.24. The zero-order chi connectivity index (χ0) is 40.7. The molecule has 1 unspecified atom stereocenters. The number of benzene rings is 4. The monoisotopic (exact) mass is 780 g/mol. The topological polar surface area (TPSA) is 124 Å². The Morgan fingerprint density at radius 3 is 1.16 bits per heavy atom. The van der Waals surface area contributed by atoms with E-state index in [1.165, 1.54) is 99.9 Å². The predicted molar refractivity (Wildman–Crippen MR) is 218 cm³/mol. The Bertz CT molecular complexity index is 1800.